The molecule has 0 spiro atoms. The minimum absolute atomic E-state index is 0.0933. The molecule has 0 unspecified atom stereocenters. The summed E-state index contributed by atoms with van der Waals surface area (Å²) in [4.78, 5) is 13.8. The first-order chi connectivity index (χ1) is 13.3. The molecule has 0 aliphatic carbocycles. The maximum Gasteiger partial charge on any atom is 0.263 e. The smallest absolute Gasteiger partial charge is 0.263 e. The number of piperazine rings is 1. The third-order valence-electron chi connectivity index (χ3n) is 4.48. The second kappa shape index (κ2) is 8.46. The summed E-state index contributed by atoms with van der Waals surface area (Å²) in [5.74, 6) is -0.505. The van der Waals surface area contributed by atoms with Gasteiger partial charge in [0.15, 0.2) is 6.10 Å². The maximum absolute atomic E-state index is 13.9. The lowest BCUT2D eigenvalue weighted by Gasteiger charge is -2.35. The highest BCUT2D eigenvalue weighted by Crippen LogP contribution is 2.21. The molecule has 1 aliphatic heterocycles. The Morgan fingerprint density at radius 1 is 1.07 bits per heavy atom. The number of sulfonamides is 1. The summed E-state index contributed by atoms with van der Waals surface area (Å²) >= 11 is 5.83. The molecular weight excluding hydrogens is 407 g/mol. The number of nitrogens with zero attached hydrogens (tertiary/aromatic N) is 2. The van der Waals surface area contributed by atoms with E-state index in [0.717, 1.165) is 6.07 Å². The number of carbonyl (C=O) groups is 1. The Morgan fingerprint density at radius 2 is 1.68 bits per heavy atom. The average molecular weight is 427 g/mol. The fourth-order valence-electron chi connectivity index (χ4n) is 2.97. The maximum atomic E-state index is 13.9. The summed E-state index contributed by atoms with van der Waals surface area (Å²) in [6.45, 7) is 2.24. The van der Waals surface area contributed by atoms with E-state index in [1.165, 1.54) is 22.5 Å². The first-order valence-corrected chi connectivity index (χ1v) is 10.6. The summed E-state index contributed by atoms with van der Waals surface area (Å²) in [6, 6.07) is 11.9. The highest BCUT2D eigenvalue weighted by atomic mass is 35.5. The molecule has 1 aliphatic rings. The summed E-state index contributed by atoms with van der Waals surface area (Å²) < 4.78 is 46.0. The van der Waals surface area contributed by atoms with Gasteiger partial charge in [0.2, 0.25) is 10.0 Å². The fraction of sp³-hybridized carbons (Fsp3) is 0.316. The van der Waals surface area contributed by atoms with Crippen molar-refractivity contribution in [3.8, 4) is 5.75 Å². The van der Waals surface area contributed by atoms with E-state index in [1.807, 2.05) is 0 Å². The Hall–Kier alpha value is -2.16. The van der Waals surface area contributed by atoms with Crippen molar-refractivity contribution in [1.29, 1.82) is 0 Å². The zero-order chi connectivity index (χ0) is 20.3. The van der Waals surface area contributed by atoms with Crippen LogP contribution >= 0.6 is 11.6 Å². The lowest BCUT2D eigenvalue weighted by atomic mass is 10.2. The zero-order valence-electron chi connectivity index (χ0n) is 15.2. The minimum Gasteiger partial charge on any atom is -0.481 e. The van der Waals surface area contributed by atoms with E-state index in [0.29, 0.717) is 10.8 Å². The van der Waals surface area contributed by atoms with Gasteiger partial charge in [-0.1, -0.05) is 23.7 Å². The van der Waals surface area contributed by atoms with Gasteiger partial charge in [-0.2, -0.15) is 4.31 Å². The molecule has 1 amide bonds. The molecule has 1 saturated heterocycles. The van der Waals surface area contributed by atoms with Crippen LogP contribution in [-0.2, 0) is 14.8 Å². The molecule has 2 aromatic carbocycles. The number of halogens is 2. The summed E-state index contributed by atoms with van der Waals surface area (Å²) in [6.07, 6.45) is -0.726. The number of carbonyl (C=O) groups excluding carboxylic acids is 1. The van der Waals surface area contributed by atoms with Gasteiger partial charge in [0.05, 0.1) is 0 Å². The van der Waals surface area contributed by atoms with E-state index in [9.17, 15) is 17.6 Å². The van der Waals surface area contributed by atoms with E-state index in [-0.39, 0.29) is 37.0 Å². The molecule has 3 rings (SSSR count). The SMILES string of the molecule is C[C@H](Oc1ccc(Cl)cc1)C(=O)N1CCN(S(=O)(=O)c2ccccc2F)CC1. The molecule has 0 saturated carbocycles. The Morgan fingerprint density at radius 3 is 2.29 bits per heavy atom. The van der Waals surface area contributed by atoms with Crippen molar-refractivity contribution in [2.45, 2.75) is 17.9 Å². The van der Waals surface area contributed by atoms with Crippen molar-refractivity contribution >= 4 is 27.5 Å². The summed E-state index contributed by atoms with van der Waals surface area (Å²) in [5.41, 5.74) is 0. The Labute approximate surface area is 168 Å². The van der Waals surface area contributed by atoms with Crippen molar-refractivity contribution < 1.29 is 22.3 Å². The Balaban J connectivity index is 1.60. The zero-order valence-corrected chi connectivity index (χ0v) is 16.8. The van der Waals surface area contributed by atoms with Crippen LogP contribution in [0.4, 0.5) is 4.39 Å². The van der Waals surface area contributed by atoms with Gasteiger partial charge in [0.25, 0.3) is 5.91 Å². The van der Waals surface area contributed by atoms with Crippen LogP contribution in [0, 0.1) is 5.82 Å². The van der Waals surface area contributed by atoms with E-state index < -0.39 is 21.9 Å². The van der Waals surface area contributed by atoms with Gasteiger partial charge in [-0.25, -0.2) is 12.8 Å². The van der Waals surface area contributed by atoms with Crippen molar-refractivity contribution in [2.75, 3.05) is 26.2 Å². The monoisotopic (exact) mass is 426 g/mol. The predicted octanol–water partition coefficient (Wildman–Crippen LogP) is 2.78. The van der Waals surface area contributed by atoms with E-state index in [1.54, 1.807) is 36.1 Å². The normalized spacial score (nSPS) is 16.6. The molecule has 0 bridgehead atoms. The number of amides is 1. The van der Waals surface area contributed by atoms with Gasteiger partial charge in [0.1, 0.15) is 16.5 Å². The van der Waals surface area contributed by atoms with Crippen LogP contribution in [-0.4, -0.2) is 55.8 Å². The van der Waals surface area contributed by atoms with Crippen molar-refractivity contribution in [3.05, 3.63) is 59.4 Å². The fourth-order valence-corrected chi connectivity index (χ4v) is 4.58. The summed E-state index contributed by atoms with van der Waals surface area (Å²) in [5, 5.41) is 0.568. The summed E-state index contributed by atoms with van der Waals surface area (Å²) in [7, 11) is -3.94. The number of ether oxygens (including phenoxy) is 1. The van der Waals surface area contributed by atoms with Crippen LogP contribution in [0.3, 0.4) is 0 Å². The van der Waals surface area contributed by atoms with Gasteiger partial charge in [-0.05, 0) is 43.3 Å². The van der Waals surface area contributed by atoms with E-state index in [2.05, 4.69) is 0 Å². The Kier molecular flexibility index (Phi) is 6.22. The van der Waals surface area contributed by atoms with Crippen LogP contribution in [0.15, 0.2) is 53.4 Å². The third-order valence-corrected chi connectivity index (χ3v) is 6.66. The van der Waals surface area contributed by atoms with Crippen LogP contribution in [0.5, 0.6) is 5.75 Å². The second-order valence-corrected chi connectivity index (χ2v) is 8.72. The van der Waals surface area contributed by atoms with Gasteiger partial charge in [0, 0.05) is 31.2 Å². The van der Waals surface area contributed by atoms with Crippen LogP contribution in [0.25, 0.3) is 0 Å². The van der Waals surface area contributed by atoms with Gasteiger partial charge in [-0.15, -0.1) is 0 Å². The van der Waals surface area contributed by atoms with Crippen molar-refractivity contribution in [1.82, 2.24) is 9.21 Å². The van der Waals surface area contributed by atoms with E-state index in [4.69, 9.17) is 16.3 Å². The van der Waals surface area contributed by atoms with Crippen molar-refractivity contribution in [3.63, 3.8) is 0 Å². The largest absolute Gasteiger partial charge is 0.481 e. The third kappa shape index (κ3) is 4.45. The highest BCUT2D eigenvalue weighted by Gasteiger charge is 2.33. The van der Waals surface area contributed by atoms with Crippen LogP contribution in [0.2, 0.25) is 5.02 Å². The minimum atomic E-state index is -3.94. The lowest BCUT2D eigenvalue weighted by Crippen LogP contribution is -2.53. The molecule has 1 heterocycles. The van der Waals surface area contributed by atoms with Crippen LogP contribution < -0.4 is 4.74 Å². The predicted molar refractivity (Wildman–Crippen MR) is 103 cm³/mol. The van der Waals surface area contributed by atoms with E-state index >= 15 is 0 Å². The van der Waals surface area contributed by atoms with Gasteiger partial charge < -0.3 is 9.64 Å². The van der Waals surface area contributed by atoms with Crippen LogP contribution in [0.1, 0.15) is 6.92 Å². The molecule has 1 fully saturated rings. The first-order valence-electron chi connectivity index (χ1n) is 8.75. The topological polar surface area (TPSA) is 66.9 Å². The first kappa shape index (κ1) is 20.6. The Bertz CT molecular complexity index is 945. The molecule has 9 heteroatoms. The molecular formula is C19H20ClFN2O4S. The van der Waals surface area contributed by atoms with Gasteiger partial charge in [-0.3, -0.25) is 4.79 Å². The number of hydrogen-bond donors (Lipinski definition) is 0. The molecule has 1 atom stereocenters. The number of hydrogen-bond acceptors (Lipinski definition) is 4. The molecule has 0 radical (unpaired) electrons. The molecule has 150 valence electrons. The quantitative estimate of drug-likeness (QED) is 0.737. The molecule has 0 N–H and O–H groups in total. The molecule has 28 heavy (non-hydrogen) atoms. The molecule has 2 aromatic rings. The number of rotatable bonds is 5. The highest BCUT2D eigenvalue weighted by molar-refractivity contribution is 7.89. The second-order valence-electron chi connectivity index (χ2n) is 6.37. The lowest BCUT2D eigenvalue weighted by molar-refractivity contribution is -0.139. The molecule has 6 nitrogen and oxygen atoms in total. The van der Waals surface area contributed by atoms with Gasteiger partial charge >= 0.3 is 0 Å². The van der Waals surface area contributed by atoms with Crippen molar-refractivity contribution in [2.24, 2.45) is 0 Å². The standard InChI is InChI=1S/C19H20ClFN2O4S/c1-14(27-16-8-6-15(20)7-9-16)19(24)22-10-12-23(13-11-22)28(25,26)18-5-3-2-4-17(18)21/h2-9,14H,10-13H2,1H3/t14-/m0/s1. The average Bonchev–Trinajstić information content (AvgIpc) is 2.69. The number of benzene rings is 2. The molecule has 0 aromatic heterocycles.